The van der Waals surface area contributed by atoms with Crippen LogP contribution in [0.3, 0.4) is 0 Å². The number of hydrogen-bond acceptors (Lipinski definition) is 2. The van der Waals surface area contributed by atoms with E-state index >= 15 is 0 Å². The molecule has 1 aliphatic heterocycles. The van der Waals surface area contributed by atoms with E-state index in [1.54, 1.807) is 0 Å². The molecule has 2 atom stereocenters. The van der Waals surface area contributed by atoms with Crippen molar-refractivity contribution in [2.24, 2.45) is 0 Å². The van der Waals surface area contributed by atoms with Crippen LogP contribution in [0.4, 0.5) is 30.7 Å². The van der Waals surface area contributed by atoms with Gasteiger partial charge in [-0.2, -0.15) is 26.3 Å². The van der Waals surface area contributed by atoms with Crippen LogP contribution in [0.25, 0.3) is 11.0 Å². The highest BCUT2D eigenvalue weighted by molar-refractivity contribution is 5.80. The molecule has 1 fully saturated rings. The van der Waals surface area contributed by atoms with E-state index in [0.29, 0.717) is 6.07 Å². The van der Waals surface area contributed by atoms with Gasteiger partial charge >= 0.3 is 12.4 Å². The lowest BCUT2D eigenvalue weighted by atomic mass is 10.1. The number of alkyl halides is 7. The molecular formula is C13H10F7N3. The first-order chi connectivity index (χ1) is 10.6. The molecule has 0 radical (unpaired) electrons. The van der Waals surface area contributed by atoms with Gasteiger partial charge in [-0.05, 0) is 12.1 Å². The summed E-state index contributed by atoms with van der Waals surface area (Å²) in [7, 11) is 0. The molecule has 0 spiro atoms. The molecule has 3 rings (SSSR count). The zero-order valence-electron chi connectivity index (χ0n) is 11.3. The lowest BCUT2D eigenvalue weighted by Crippen LogP contribution is -2.15. The lowest BCUT2D eigenvalue weighted by Gasteiger charge is -2.11. The highest BCUT2D eigenvalue weighted by Gasteiger charge is 2.39. The molecule has 0 saturated carbocycles. The van der Waals surface area contributed by atoms with E-state index in [1.165, 1.54) is 0 Å². The van der Waals surface area contributed by atoms with Gasteiger partial charge in [-0.25, -0.2) is 9.37 Å². The maximum absolute atomic E-state index is 13.2. The maximum atomic E-state index is 13.2. The van der Waals surface area contributed by atoms with Crippen molar-refractivity contribution in [2.75, 3.05) is 6.54 Å². The summed E-state index contributed by atoms with van der Waals surface area (Å²) in [5.74, 6) is -0.00928. The summed E-state index contributed by atoms with van der Waals surface area (Å²) in [4.78, 5) is 6.19. The quantitative estimate of drug-likeness (QED) is 0.771. The highest BCUT2D eigenvalue weighted by atomic mass is 19.4. The van der Waals surface area contributed by atoms with E-state index < -0.39 is 41.2 Å². The largest absolute Gasteiger partial charge is 0.418 e. The number of halogens is 7. The van der Waals surface area contributed by atoms with Crippen molar-refractivity contribution in [3.63, 3.8) is 0 Å². The van der Waals surface area contributed by atoms with Crippen LogP contribution in [0.2, 0.25) is 0 Å². The van der Waals surface area contributed by atoms with Crippen molar-refractivity contribution < 1.29 is 30.7 Å². The first kappa shape index (κ1) is 16.0. The van der Waals surface area contributed by atoms with E-state index in [9.17, 15) is 30.7 Å². The molecule has 0 amide bonds. The van der Waals surface area contributed by atoms with Gasteiger partial charge in [0.25, 0.3) is 0 Å². The Morgan fingerprint density at radius 3 is 2.26 bits per heavy atom. The molecule has 1 saturated heterocycles. The topological polar surface area (TPSA) is 40.7 Å². The molecule has 2 aromatic rings. The average Bonchev–Trinajstić information content (AvgIpc) is 3.00. The zero-order valence-corrected chi connectivity index (χ0v) is 11.3. The van der Waals surface area contributed by atoms with Crippen molar-refractivity contribution in [1.82, 2.24) is 15.3 Å². The molecule has 1 aromatic heterocycles. The number of benzene rings is 1. The molecule has 10 heteroatoms. The summed E-state index contributed by atoms with van der Waals surface area (Å²) in [6, 6.07) is -0.0523. The van der Waals surface area contributed by atoms with Gasteiger partial charge in [0.15, 0.2) is 0 Å². The Morgan fingerprint density at radius 1 is 1.04 bits per heavy atom. The van der Waals surface area contributed by atoms with Gasteiger partial charge in [-0.15, -0.1) is 0 Å². The summed E-state index contributed by atoms with van der Waals surface area (Å²) in [6.07, 6.45) is -11.1. The molecular weight excluding hydrogens is 331 g/mol. The summed E-state index contributed by atoms with van der Waals surface area (Å²) >= 11 is 0. The predicted molar refractivity (Wildman–Crippen MR) is 66.4 cm³/mol. The van der Waals surface area contributed by atoms with Crippen molar-refractivity contribution in [1.29, 1.82) is 0 Å². The van der Waals surface area contributed by atoms with Crippen LogP contribution >= 0.6 is 0 Å². The second kappa shape index (κ2) is 5.08. The lowest BCUT2D eigenvalue weighted by molar-refractivity contribution is -0.142. The fraction of sp³-hybridized carbons (Fsp3) is 0.462. The number of nitrogens with one attached hydrogen (secondary N) is 2. The van der Waals surface area contributed by atoms with Gasteiger partial charge in [0.05, 0.1) is 22.7 Å². The average molecular weight is 341 g/mol. The van der Waals surface area contributed by atoms with E-state index in [0.717, 1.165) is 0 Å². The number of fused-ring (bicyclic) bond motifs is 1. The first-order valence-corrected chi connectivity index (χ1v) is 6.61. The zero-order chi connectivity index (χ0) is 17.0. The number of aromatic amines is 1. The van der Waals surface area contributed by atoms with Crippen molar-refractivity contribution in [3.8, 4) is 0 Å². The Morgan fingerprint density at radius 2 is 1.74 bits per heavy atom. The Balaban J connectivity index is 2.16. The number of H-pyrrole nitrogens is 1. The Bertz CT molecular complexity index is 731. The van der Waals surface area contributed by atoms with Gasteiger partial charge in [-0.1, -0.05) is 0 Å². The molecule has 23 heavy (non-hydrogen) atoms. The maximum Gasteiger partial charge on any atom is 0.418 e. The highest BCUT2D eigenvalue weighted by Crippen LogP contribution is 2.40. The molecule has 3 nitrogen and oxygen atoms in total. The standard InChI is InChI=1S/C13H10F7N3/c14-6-3-9(21-4-6)11-22-8-2-5(12(15,16)17)1-7(10(8)23-11)13(18,19)20/h1-2,6,9,21H,3-4H2,(H,22,23)/t6-,9?/m1/s1. The van der Waals surface area contributed by atoms with Crippen LogP contribution in [0.15, 0.2) is 12.1 Å². The number of rotatable bonds is 1. The molecule has 1 aliphatic rings. The second-order valence-corrected chi connectivity index (χ2v) is 5.33. The van der Waals surface area contributed by atoms with Gasteiger partial charge < -0.3 is 10.3 Å². The van der Waals surface area contributed by atoms with Crippen molar-refractivity contribution in [3.05, 3.63) is 29.1 Å². The molecule has 0 aliphatic carbocycles. The van der Waals surface area contributed by atoms with Gasteiger partial charge in [-0.3, -0.25) is 0 Å². The van der Waals surface area contributed by atoms with Crippen LogP contribution in [-0.2, 0) is 12.4 Å². The van der Waals surface area contributed by atoms with E-state index in [1.807, 2.05) is 0 Å². The Labute approximate surface area is 124 Å². The van der Waals surface area contributed by atoms with Crippen molar-refractivity contribution >= 4 is 11.0 Å². The van der Waals surface area contributed by atoms with Crippen LogP contribution < -0.4 is 5.32 Å². The number of imidazole rings is 1. The Kier molecular flexibility index (Phi) is 3.54. The van der Waals surface area contributed by atoms with Crippen LogP contribution in [0.5, 0.6) is 0 Å². The smallest absolute Gasteiger partial charge is 0.341 e. The summed E-state index contributed by atoms with van der Waals surface area (Å²) in [6.45, 7) is 0.0155. The molecule has 1 aromatic carbocycles. The van der Waals surface area contributed by atoms with Crippen molar-refractivity contribution in [2.45, 2.75) is 31.0 Å². The SMILES string of the molecule is F[C@H]1CNC(c2nc3c(C(F)(F)F)cc(C(F)(F)F)cc3[nH]2)C1. The summed E-state index contributed by atoms with van der Waals surface area (Å²) in [5.41, 5.74) is -3.88. The molecule has 2 N–H and O–H groups in total. The second-order valence-electron chi connectivity index (χ2n) is 5.33. The number of nitrogens with zero attached hydrogens (tertiary/aromatic N) is 1. The van der Waals surface area contributed by atoms with Crippen LogP contribution in [-0.4, -0.2) is 22.7 Å². The third kappa shape index (κ3) is 2.99. The van der Waals surface area contributed by atoms with E-state index in [2.05, 4.69) is 15.3 Å². The Hall–Kier alpha value is -1.84. The van der Waals surface area contributed by atoms with Crippen LogP contribution in [0.1, 0.15) is 29.4 Å². The monoisotopic (exact) mass is 341 g/mol. The fourth-order valence-electron chi connectivity index (χ4n) is 2.58. The third-order valence-electron chi connectivity index (χ3n) is 3.64. The minimum absolute atomic E-state index is 0.00665. The summed E-state index contributed by atoms with van der Waals surface area (Å²) in [5, 5.41) is 2.71. The molecule has 2 heterocycles. The molecule has 0 bridgehead atoms. The fourth-order valence-corrected chi connectivity index (χ4v) is 2.58. The van der Waals surface area contributed by atoms with Gasteiger partial charge in [0.1, 0.15) is 17.5 Å². The normalized spacial score (nSPS) is 22.9. The molecule has 126 valence electrons. The van der Waals surface area contributed by atoms with Gasteiger partial charge in [0, 0.05) is 13.0 Å². The van der Waals surface area contributed by atoms with E-state index in [-0.39, 0.29) is 30.4 Å². The van der Waals surface area contributed by atoms with E-state index in [4.69, 9.17) is 0 Å². The number of aromatic nitrogens is 2. The predicted octanol–water partition coefficient (Wildman–Crippen LogP) is 3.97. The number of hydrogen-bond donors (Lipinski definition) is 2. The summed E-state index contributed by atoms with van der Waals surface area (Å²) < 4.78 is 90.6. The van der Waals surface area contributed by atoms with Crippen LogP contribution in [0, 0.1) is 0 Å². The third-order valence-corrected chi connectivity index (χ3v) is 3.64. The van der Waals surface area contributed by atoms with Gasteiger partial charge in [0.2, 0.25) is 0 Å². The molecule has 1 unspecified atom stereocenters. The minimum Gasteiger partial charge on any atom is -0.341 e. The minimum atomic E-state index is -4.99. The first-order valence-electron chi connectivity index (χ1n) is 6.61.